The molecule has 0 radical (unpaired) electrons. The van der Waals surface area contributed by atoms with E-state index in [-0.39, 0.29) is 23.8 Å². The third-order valence-corrected chi connectivity index (χ3v) is 4.63. The van der Waals surface area contributed by atoms with Crippen LogP contribution < -0.4 is 5.32 Å². The van der Waals surface area contributed by atoms with Gasteiger partial charge in [-0.25, -0.2) is 4.39 Å². The van der Waals surface area contributed by atoms with Crippen LogP contribution in [0.5, 0.6) is 0 Å². The van der Waals surface area contributed by atoms with Crippen LogP contribution in [0.25, 0.3) is 11.4 Å². The van der Waals surface area contributed by atoms with E-state index >= 15 is 0 Å². The Morgan fingerprint density at radius 1 is 1.07 bits per heavy atom. The summed E-state index contributed by atoms with van der Waals surface area (Å²) in [4.78, 5) is 27.7. The maximum absolute atomic E-state index is 13.9. The summed E-state index contributed by atoms with van der Waals surface area (Å²) < 4.78 is 19.1. The molecule has 1 aliphatic rings. The number of rotatable bonds is 5. The third kappa shape index (κ3) is 4.33. The molecular weight excluding hydrogens is 391 g/mol. The van der Waals surface area contributed by atoms with Crippen molar-refractivity contribution in [1.82, 2.24) is 25.1 Å². The van der Waals surface area contributed by atoms with Gasteiger partial charge in [0.15, 0.2) is 0 Å². The number of aromatic nitrogens is 4. The Morgan fingerprint density at radius 2 is 1.80 bits per heavy atom. The smallest absolute Gasteiger partial charge is 0.258 e. The van der Waals surface area contributed by atoms with Crippen molar-refractivity contribution in [3.8, 4) is 11.4 Å². The standard InChI is InChI=1S/C20H19FN6O3/c21-16-7-3-1-5-14(16)20(29)22-17-8-4-2-6-15(17)19-23-25-27(24-19)13-18(28)26-9-11-30-12-10-26/h1-8H,9-13H2,(H,22,29). The minimum atomic E-state index is -0.613. The fourth-order valence-electron chi connectivity index (χ4n) is 3.07. The zero-order valence-electron chi connectivity index (χ0n) is 16.0. The van der Waals surface area contributed by atoms with E-state index in [2.05, 4.69) is 20.7 Å². The largest absolute Gasteiger partial charge is 0.378 e. The number of carbonyl (C=O) groups excluding carboxylic acids is 2. The van der Waals surface area contributed by atoms with Gasteiger partial charge in [0.05, 0.1) is 24.5 Å². The summed E-state index contributed by atoms with van der Waals surface area (Å²) in [5.41, 5.74) is 0.845. The van der Waals surface area contributed by atoms with Gasteiger partial charge in [0.25, 0.3) is 5.91 Å². The number of ether oxygens (including phenoxy) is 1. The normalized spacial score (nSPS) is 13.8. The SMILES string of the molecule is O=C(Nc1ccccc1-c1nnn(CC(=O)N2CCOCC2)n1)c1ccccc1F. The molecule has 154 valence electrons. The van der Waals surface area contributed by atoms with Crippen molar-refractivity contribution in [2.75, 3.05) is 31.6 Å². The fraction of sp³-hybridized carbons (Fsp3) is 0.250. The van der Waals surface area contributed by atoms with Gasteiger partial charge >= 0.3 is 0 Å². The van der Waals surface area contributed by atoms with Gasteiger partial charge in [0.1, 0.15) is 12.4 Å². The van der Waals surface area contributed by atoms with E-state index in [0.29, 0.717) is 37.6 Å². The molecule has 10 heteroatoms. The Morgan fingerprint density at radius 3 is 2.60 bits per heavy atom. The molecule has 4 rings (SSSR count). The van der Waals surface area contributed by atoms with Crippen LogP contribution in [0.3, 0.4) is 0 Å². The van der Waals surface area contributed by atoms with E-state index in [9.17, 15) is 14.0 Å². The Kier molecular flexibility index (Phi) is 5.75. The van der Waals surface area contributed by atoms with Gasteiger partial charge in [-0.05, 0) is 29.5 Å². The highest BCUT2D eigenvalue weighted by molar-refractivity contribution is 6.06. The number of morpholine rings is 1. The molecule has 0 bridgehead atoms. The van der Waals surface area contributed by atoms with Crippen LogP contribution in [0, 0.1) is 5.82 Å². The lowest BCUT2D eigenvalue weighted by atomic mass is 10.1. The number of tetrazole rings is 1. The average molecular weight is 410 g/mol. The van der Waals surface area contributed by atoms with Gasteiger partial charge in [-0.15, -0.1) is 10.2 Å². The molecule has 1 saturated heterocycles. The molecule has 0 atom stereocenters. The molecule has 30 heavy (non-hydrogen) atoms. The zero-order chi connectivity index (χ0) is 20.9. The summed E-state index contributed by atoms with van der Waals surface area (Å²) in [5.74, 6) is -1.08. The van der Waals surface area contributed by atoms with Crippen LogP contribution >= 0.6 is 0 Å². The van der Waals surface area contributed by atoms with Crippen molar-refractivity contribution in [2.45, 2.75) is 6.54 Å². The predicted octanol–water partition coefficient (Wildman–Crippen LogP) is 1.59. The van der Waals surface area contributed by atoms with Gasteiger partial charge < -0.3 is 15.0 Å². The molecule has 2 heterocycles. The molecule has 1 aliphatic heterocycles. The van der Waals surface area contributed by atoms with Crippen molar-refractivity contribution in [1.29, 1.82) is 0 Å². The first-order chi connectivity index (χ1) is 14.6. The van der Waals surface area contributed by atoms with Gasteiger partial charge in [-0.3, -0.25) is 9.59 Å². The lowest BCUT2D eigenvalue weighted by molar-refractivity contribution is -0.136. The van der Waals surface area contributed by atoms with E-state index in [1.807, 2.05) is 0 Å². The van der Waals surface area contributed by atoms with Crippen LogP contribution in [0.15, 0.2) is 48.5 Å². The summed E-state index contributed by atoms with van der Waals surface area (Å²) in [7, 11) is 0. The van der Waals surface area contributed by atoms with Gasteiger partial charge in [0.2, 0.25) is 11.7 Å². The van der Waals surface area contributed by atoms with E-state index in [1.54, 1.807) is 35.2 Å². The van der Waals surface area contributed by atoms with Crippen LogP contribution in [-0.2, 0) is 16.1 Å². The first kappa shape index (κ1) is 19.6. The lowest BCUT2D eigenvalue weighted by Gasteiger charge is -2.26. The molecule has 9 nitrogen and oxygen atoms in total. The van der Waals surface area contributed by atoms with Gasteiger partial charge in [0, 0.05) is 18.7 Å². The maximum atomic E-state index is 13.9. The molecule has 0 aliphatic carbocycles. The number of anilines is 1. The van der Waals surface area contributed by atoms with E-state index in [4.69, 9.17) is 4.74 Å². The molecule has 1 fully saturated rings. The average Bonchev–Trinajstić information content (AvgIpc) is 3.23. The highest BCUT2D eigenvalue weighted by atomic mass is 19.1. The minimum absolute atomic E-state index is 0.0449. The van der Waals surface area contributed by atoms with Gasteiger partial charge in [-0.1, -0.05) is 24.3 Å². The minimum Gasteiger partial charge on any atom is -0.378 e. The Labute approximate surface area is 171 Å². The number of hydrogen-bond donors (Lipinski definition) is 1. The first-order valence-electron chi connectivity index (χ1n) is 9.40. The molecule has 3 aromatic rings. The summed E-state index contributed by atoms with van der Waals surface area (Å²) in [6.07, 6.45) is 0. The predicted molar refractivity (Wildman–Crippen MR) is 105 cm³/mol. The van der Waals surface area contributed by atoms with E-state index in [0.717, 1.165) is 0 Å². The lowest BCUT2D eigenvalue weighted by Crippen LogP contribution is -2.42. The van der Waals surface area contributed by atoms with Crippen LogP contribution in [0.1, 0.15) is 10.4 Å². The van der Waals surface area contributed by atoms with Gasteiger partial charge in [-0.2, -0.15) is 4.80 Å². The highest BCUT2D eigenvalue weighted by Gasteiger charge is 2.20. The summed E-state index contributed by atoms with van der Waals surface area (Å²) in [6, 6.07) is 12.6. The monoisotopic (exact) mass is 410 g/mol. The second kappa shape index (κ2) is 8.78. The number of carbonyl (C=O) groups is 2. The highest BCUT2D eigenvalue weighted by Crippen LogP contribution is 2.25. The number of hydrogen-bond acceptors (Lipinski definition) is 6. The molecule has 0 saturated carbocycles. The van der Waals surface area contributed by atoms with Crippen LogP contribution in [-0.4, -0.2) is 63.2 Å². The fourth-order valence-corrected chi connectivity index (χ4v) is 3.07. The first-order valence-corrected chi connectivity index (χ1v) is 9.40. The van der Waals surface area contributed by atoms with Crippen molar-refractivity contribution in [2.24, 2.45) is 0 Å². The van der Waals surface area contributed by atoms with Crippen molar-refractivity contribution < 1.29 is 18.7 Å². The second-order valence-electron chi connectivity index (χ2n) is 6.62. The third-order valence-electron chi connectivity index (χ3n) is 4.63. The molecular formula is C20H19FN6O3. The number of halogens is 1. The van der Waals surface area contributed by atoms with Crippen molar-refractivity contribution >= 4 is 17.5 Å². The molecule has 2 amide bonds. The Bertz CT molecular complexity index is 1060. The number of nitrogens with one attached hydrogen (secondary N) is 1. The Balaban J connectivity index is 1.51. The van der Waals surface area contributed by atoms with E-state index < -0.39 is 11.7 Å². The number of benzene rings is 2. The maximum Gasteiger partial charge on any atom is 0.258 e. The number of amides is 2. The summed E-state index contributed by atoms with van der Waals surface area (Å²) >= 11 is 0. The summed E-state index contributed by atoms with van der Waals surface area (Å²) in [5, 5.41) is 14.9. The quantitative estimate of drug-likeness (QED) is 0.685. The number of nitrogens with zero attached hydrogens (tertiary/aromatic N) is 5. The topological polar surface area (TPSA) is 102 Å². The van der Waals surface area contributed by atoms with Crippen LogP contribution in [0.4, 0.5) is 10.1 Å². The van der Waals surface area contributed by atoms with Crippen molar-refractivity contribution in [3.63, 3.8) is 0 Å². The molecule has 0 spiro atoms. The zero-order valence-corrected chi connectivity index (χ0v) is 16.0. The molecule has 1 N–H and O–H groups in total. The Hall–Kier alpha value is -3.66. The number of para-hydroxylation sites is 1. The van der Waals surface area contributed by atoms with E-state index in [1.165, 1.54) is 23.0 Å². The van der Waals surface area contributed by atoms with Crippen molar-refractivity contribution in [3.05, 3.63) is 59.9 Å². The summed E-state index contributed by atoms with van der Waals surface area (Å²) in [6.45, 7) is 2.04. The molecule has 2 aromatic carbocycles. The van der Waals surface area contributed by atoms with Crippen LogP contribution in [0.2, 0.25) is 0 Å². The second-order valence-corrected chi connectivity index (χ2v) is 6.62. The molecule has 0 unspecified atom stereocenters. The molecule has 1 aromatic heterocycles.